The molecular weight excluding hydrogens is 321 g/mol. The maximum Gasteiger partial charge on any atom is 0.282 e. The van der Waals surface area contributed by atoms with Crippen molar-refractivity contribution in [1.29, 1.82) is 0 Å². The number of likely N-dealkylation sites (N-methyl/N-ethyl adjacent to an activating group) is 1. The van der Waals surface area contributed by atoms with Crippen molar-refractivity contribution < 1.29 is 18.9 Å². The minimum atomic E-state index is -0.339. The Hall–Kier alpha value is -2.73. The zero-order valence-corrected chi connectivity index (χ0v) is 14.6. The first-order chi connectivity index (χ1) is 11.9. The molecule has 0 bridgehead atoms. The summed E-state index contributed by atoms with van der Waals surface area (Å²) >= 11 is 0. The molecule has 2 atom stereocenters. The molecule has 0 aliphatic heterocycles. The third-order valence-electron chi connectivity index (χ3n) is 4.17. The molecule has 0 radical (unpaired) electrons. The Labute approximate surface area is 146 Å². The summed E-state index contributed by atoms with van der Waals surface area (Å²) in [6.45, 7) is 2.49. The predicted octanol–water partition coefficient (Wildman–Crippen LogP) is 1.23. The lowest BCUT2D eigenvalue weighted by Gasteiger charge is -2.21. The monoisotopic (exact) mass is 344 g/mol. The number of carbonyl (C=O) groups excluding carboxylic acids is 2. The van der Waals surface area contributed by atoms with Crippen LogP contribution in [0.15, 0.2) is 48.5 Å². The summed E-state index contributed by atoms with van der Waals surface area (Å²) in [6.07, 6.45) is 0. The van der Waals surface area contributed by atoms with Crippen LogP contribution < -0.4 is 15.5 Å². The van der Waals surface area contributed by atoms with Crippen LogP contribution in [0.3, 0.4) is 0 Å². The topological polar surface area (TPSA) is 62.6 Å². The van der Waals surface area contributed by atoms with Gasteiger partial charge in [-0.2, -0.15) is 0 Å². The van der Waals surface area contributed by atoms with E-state index in [1.54, 1.807) is 19.2 Å². The lowest BCUT2D eigenvalue weighted by molar-refractivity contribution is -0.907. The zero-order chi connectivity index (χ0) is 18.4. The first-order valence-corrected chi connectivity index (χ1v) is 8.10. The quantitative estimate of drug-likeness (QED) is 0.738. The van der Waals surface area contributed by atoms with Gasteiger partial charge in [0.25, 0.3) is 11.8 Å². The lowest BCUT2D eigenvalue weighted by atomic mass is 10.1. The second-order valence-electron chi connectivity index (χ2n) is 6.02. The first kappa shape index (κ1) is 18.6. The highest BCUT2D eigenvalue weighted by Gasteiger charge is 2.22. The Morgan fingerprint density at radius 2 is 1.68 bits per heavy atom. The van der Waals surface area contributed by atoms with E-state index in [0.717, 1.165) is 10.5 Å². The van der Waals surface area contributed by atoms with Crippen LogP contribution in [0.2, 0.25) is 0 Å². The van der Waals surface area contributed by atoms with Crippen molar-refractivity contribution in [2.24, 2.45) is 0 Å². The highest BCUT2D eigenvalue weighted by molar-refractivity contribution is 5.94. The van der Waals surface area contributed by atoms with Gasteiger partial charge in [-0.05, 0) is 43.3 Å². The van der Waals surface area contributed by atoms with Gasteiger partial charge in [0.1, 0.15) is 12.4 Å². The van der Waals surface area contributed by atoms with Gasteiger partial charge in [0.2, 0.25) is 0 Å². The fourth-order valence-electron chi connectivity index (χ4n) is 2.40. The van der Waals surface area contributed by atoms with E-state index < -0.39 is 0 Å². The predicted molar refractivity (Wildman–Crippen MR) is 94.9 cm³/mol. The molecular formula is C19H23FN3O2+. The minimum Gasteiger partial charge on any atom is -0.355 e. The third-order valence-corrected chi connectivity index (χ3v) is 4.17. The molecule has 2 amide bonds. The van der Waals surface area contributed by atoms with Gasteiger partial charge in [0.05, 0.1) is 7.05 Å². The summed E-state index contributed by atoms with van der Waals surface area (Å²) in [5.74, 6) is -0.598. The molecule has 0 fully saturated rings. The highest BCUT2D eigenvalue weighted by atomic mass is 19.1. The first-order valence-electron chi connectivity index (χ1n) is 8.10. The van der Waals surface area contributed by atoms with Crippen LogP contribution in [-0.2, 0) is 11.3 Å². The van der Waals surface area contributed by atoms with Crippen LogP contribution in [0.4, 0.5) is 10.1 Å². The Bertz CT molecular complexity index is 729. The molecule has 25 heavy (non-hydrogen) atoms. The number of halogens is 1. The number of amides is 2. The molecule has 6 heteroatoms. The Kier molecular flexibility index (Phi) is 6.25. The average Bonchev–Trinajstić information content (AvgIpc) is 2.62. The molecule has 0 aromatic heterocycles. The van der Waals surface area contributed by atoms with Crippen LogP contribution in [0.25, 0.3) is 0 Å². The molecule has 5 nitrogen and oxygen atoms in total. The lowest BCUT2D eigenvalue weighted by Crippen LogP contribution is -3.12. The van der Waals surface area contributed by atoms with Gasteiger partial charge >= 0.3 is 0 Å². The maximum atomic E-state index is 12.9. The largest absolute Gasteiger partial charge is 0.355 e. The zero-order valence-electron chi connectivity index (χ0n) is 14.6. The molecule has 2 aromatic rings. The number of nitrogens with one attached hydrogen (secondary N) is 3. The summed E-state index contributed by atoms with van der Waals surface area (Å²) < 4.78 is 12.9. The van der Waals surface area contributed by atoms with Gasteiger partial charge in [-0.15, -0.1) is 0 Å². The van der Waals surface area contributed by atoms with Crippen molar-refractivity contribution in [3.63, 3.8) is 0 Å². The van der Waals surface area contributed by atoms with Crippen LogP contribution in [0, 0.1) is 5.82 Å². The molecule has 2 aromatic carbocycles. The SMILES string of the molecule is CNC(=O)c1ccc(C[NH+](C)[C@@H](C)C(=O)Nc2ccc(F)cc2)cc1. The molecule has 2 rings (SSSR count). The van der Waals surface area contributed by atoms with Gasteiger partial charge in [0.15, 0.2) is 6.04 Å². The summed E-state index contributed by atoms with van der Waals surface area (Å²) in [6, 6.07) is 12.7. The molecule has 0 heterocycles. The second kappa shape index (κ2) is 8.39. The fraction of sp³-hybridized carbons (Fsp3) is 0.263. The fourth-order valence-corrected chi connectivity index (χ4v) is 2.40. The summed E-state index contributed by atoms with van der Waals surface area (Å²) in [5.41, 5.74) is 2.21. The molecule has 0 saturated carbocycles. The van der Waals surface area contributed by atoms with E-state index in [9.17, 15) is 14.0 Å². The number of benzene rings is 2. The van der Waals surface area contributed by atoms with Crippen molar-refractivity contribution in [1.82, 2.24) is 5.32 Å². The summed E-state index contributed by atoms with van der Waals surface area (Å²) in [4.78, 5) is 24.9. The van der Waals surface area contributed by atoms with E-state index >= 15 is 0 Å². The standard InChI is InChI=1S/C19H22FN3O2/c1-13(18(24)22-17-10-8-16(20)9-11-17)23(3)12-14-4-6-15(7-5-14)19(25)21-2/h4-11,13H,12H2,1-3H3,(H,21,25)(H,22,24)/p+1/t13-/m0/s1. The van der Waals surface area contributed by atoms with Gasteiger partial charge in [-0.25, -0.2) is 4.39 Å². The van der Waals surface area contributed by atoms with Gasteiger partial charge in [-0.3, -0.25) is 9.59 Å². The van der Waals surface area contributed by atoms with E-state index in [-0.39, 0.29) is 23.7 Å². The molecule has 132 valence electrons. The van der Waals surface area contributed by atoms with Crippen LogP contribution in [0.5, 0.6) is 0 Å². The van der Waals surface area contributed by atoms with Crippen molar-refractivity contribution in [3.05, 3.63) is 65.5 Å². The van der Waals surface area contributed by atoms with E-state index in [2.05, 4.69) is 10.6 Å². The van der Waals surface area contributed by atoms with Gasteiger partial charge in [0, 0.05) is 23.9 Å². The van der Waals surface area contributed by atoms with Crippen molar-refractivity contribution in [2.75, 3.05) is 19.4 Å². The highest BCUT2D eigenvalue weighted by Crippen LogP contribution is 2.08. The normalized spacial score (nSPS) is 13.0. The van der Waals surface area contributed by atoms with Crippen LogP contribution in [-0.4, -0.2) is 32.0 Å². The van der Waals surface area contributed by atoms with Crippen LogP contribution in [0.1, 0.15) is 22.8 Å². The van der Waals surface area contributed by atoms with Crippen molar-refractivity contribution >= 4 is 17.5 Å². The van der Waals surface area contributed by atoms with Gasteiger partial charge in [-0.1, -0.05) is 12.1 Å². The van der Waals surface area contributed by atoms with E-state index in [1.807, 2.05) is 26.1 Å². The summed E-state index contributed by atoms with van der Waals surface area (Å²) in [7, 11) is 3.52. The minimum absolute atomic E-state index is 0.126. The number of quaternary nitrogens is 1. The molecule has 3 N–H and O–H groups in total. The molecule has 0 spiro atoms. The Morgan fingerprint density at radius 1 is 1.08 bits per heavy atom. The number of anilines is 1. The average molecular weight is 344 g/mol. The molecule has 0 aliphatic carbocycles. The number of carbonyl (C=O) groups is 2. The van der Waals surface area contributed by atoms with Gasteiger partial charge < -0.3 is 15.5 Å². The van der Waals surface area contributed by atoms with E-state index in [0.29, 0.717) is 17.8 Å². The summed E-state index contributed by atoms with van der Waals surface area (Å²) in [5, 5.41) is 5.37. The van der Waals surface area contributed by atoms with Crippen LogP contribution >= 0.6 is 0 Å². The second-order valence-corrected chi connectivity index (χ2v) is 6.02. The van der Waals surface area contributed by atoms with E-state index in [4.69, 9.17) is 0 Å². The maximum absolute atomic E-state index is 12.9. The third kappa shape index (κ3) is 5.12. The smallest absolute Gasteiger partial charge is 0.282 e. The number of rotatable bonds is 6. The van der Waals surface area contributed by atoms with E-state index in [1.165, 1.54) is 24.3 Å². The van der Waals surface area contributed by atoms with Crippen molar-refractivity contribution in [3.8, 4) is 0 Å². The number of hydrogen-bond acceptors (Lipinski definition) is 2. The van der Waals surface area contributed by atoms with Crippen molar-refractivity contribution in [2.45, 2.75) is 19.5 Å². The Balaban J connectivity index is 1.94. The molecule has 1 unspecified atom stereocenters. The Morgan fingerprint density at radius 3 is 2.24 bits per heavy atom. The molecule has 0 aliphatic rings. The molecule has 0 saturated heterocycles. The number of hydrogen-bond donors (Lipinski definition) is 3.